The Morgan fingerprint density at radius 2 is 1.69 bits per heavy atom. The first-order valence-electron chi connectivity index (χ1n) is 10.3. The van der Waals surface area contributed by atoms with Crippen LogP contribution in [0.2, 0.25) is 0 Å². The van der Waals surface area contributed by atoms with Gasteiger partial charge in [-0.05, 0) is 66.6 Å². The van der Waals surface area contributed by atoms with E-state index in [1.54, 1.807) is 6.08 Å². The van der Waals surface area contributed by atoms with E-state index in [1.165, 1.54) is 29.0 Å². The molecule has 0 aliphatic rings. The smallest absolute Gasteiger partial charge is 0.123 e. The summed E-state index contributed by atoms with van der Waals surface area (Å²) in [4.78, 5) is 0. The third-order valence-electron chi connectivity index (χ3n) is 5.41. The standard InChI is InChI=1S/C26H30FNO/c1-5-9-23(29)16-17-28-25(18(2)3)19(4)24(20-10-7-6-8-11-20)26(28)21-12-14-22(27)15-13-21/h5-8,10-15,18,23,29H,1,9,16-17H2,2-4H3. The van der Waals surface area contributed by atoms with Gasteiger partial charge in [0.1, 0.15) is 5.82 Å². The molecule has 2 aromatic carbocycles. The highest BCUT2D eigenvalue weighted by atomic mass is 19.1. The van der Waals surface area contributed by atoms with E-state index < -0.39 is 6.10 Å². The number of halogens is 1. The van der Waals surface area contributed by atoms with E-state index in [2.05, 4.69) is 44.0 Å². The minimum atomic E-state index is -0.420. The summed E-state index contributed by atoms with van der Waals surface area (Å²) in [7, 11) is 0. The van der Waals surface area contributed by atoms with Gasteiger partial charge in [-0.3, -0.25) is 0 Å². The van der Waals surface area contributed by atoms with Crippen LogP contribution in [-0.2, 0) is 6.54 Å². The number of hydrogen-bond acceptors (Lipinski definition) is 1. The van der Waals surface area contributed by atoms with Crippen LogP contribution in [0.25, 0.3) is 22.4 Å². The molecule has 1 atom stereocenters. The molecule has 0 amide bonds. The summed E-state index contributed by atoms with van der Waals surface area (Å²) in [5, 5.41) is 10.3. The molecule has 0 radical (unpaired) electrons. The van der Waals surface area contributed by atoms with Gasteiger partial charge in [0, 0.05) is 17.8 Å². The fourth-order valence-corrected chi connectivity index (χ4v) is 4.19. The molecule has 152 valence electrons. The fraction of sp³-hybridized carbons (Fsp3) is 0.308. The normalized spacial score (nSPS) is 12.3. The first kappa shape index (κ1) is 21.1. The van der Waals surface area contributed by atoms with Crippen molar-refractivity contribution in [3.05, 3.63) is 84.3 Å². The molecular weight excluding hydrogens is 361 g/mol. The van der Waals surface area contributed by atoms with Crippen molar-refractivity contribution in [1.82, 2.24) is 4.57 Å². The fourth-order valence-electron chi connectivity index (χ4n) is 4.19. The Balaban J connectivity index is 2.23. The molecule has 1 heterocycles. The summed E-state index contributed by atoms with van der Waals surface area (Å²) in [6, 6.07) is 17.1. The lowest BCUT2D eigenvalue weighted by Crippen LogP contribution is -2.13. The van der Waals surface area contributed by atoms with E-state index in [9.17, 15) is 9.50 Å². The Morgan fingerprint density at radius 1 is 1.03 bits per heavy atom. The molecule has 0 saturated heterocycles. The molecule has 0 aliphatic heterocycles. The zero-order valence-corrected chi connectivity index (χ0v) is 17.5. The first-order valence-corrected chi connectivity index (χ1v) is 10.3. The third kappa shape index (κ3) is 4.51. The SMILES string of the molecule is C=CCC(O)CCn1c(-c2ccc(F)cc2)c(-c2ccccc2)c(C)c1C(C)C. The quantitative estimate of drug-likeness (QED) is 0.424. The number of rotatable bonds is 8. The molecule has 0 fully saturated rings. The molecule has 3 heteroatoms. The largest absolute Gasteiger partial charge is 0.393 e. The van der Waals surface area contributed by atoms with Gasteiger partial charge in [0.15, 0.2) is 0 Å². The second-order valence-electron chi connectivity index (χ2n) is 7.88. The summed E-state index contributed by atoms with van der Waals surface area (Å²) in [6.45, 7) is 11.0. The molecule has 0 bridgehead atoms. The Hall–Kier alpha value is -2.65. The van der Waals surface area contributed by atoms with Crippen LogP contribution in [-0.4, -0.2) is 15.8 Å². The van der Waals surface area contributed by atoms with E-state index in [0.717, 1.165) is 16.8 Å². The van der Waals surface area contributed by atoms with E-state index in [-0.39, 0.29) is 5.82 Å². The molecule has 3 aromatic rings. The van der Waals surface area contributed by atoms with Gasteiger partial charge in [0.25, 0.3) is 0 Å². The lowest BCUT2D eigenvalue weighted by atomic mass is 9.96. The minimum absolute atomic E-state index is 0.240. The number of aliphatic hydroxyl groups excluding tert-OH is 1. The van der Waals surface area contributed by atoms with E-state index in [0.29, 0.717) is 25.3 Å². The van der Waals surface area contributed by atoms with Gasteiger partial charge in [-0.15, -0.1) is 6.58 Å². The topological polar surface area (TPSA) is 25.2 Å². The number of aliphatic hydroxyl groups is 1. The van der Waals surface area contributed by atoms with Crippen molar-refractivity contribution < 1.29 is 9.50 Å². The van der Waals surface area contributed by atoms with Crippen LogP contribution >= 0.6 is 0 Å². The molecule has 0 saturated carbocycles. The van der Waals surface area contributed by atoms with Gasteiger partial charge < -0.3 is 9.67 Å². The molecule has 0 spiro atoms. The second-order valence-corrected chi connectivity index (χ2v) is 7.88. The molecule has 1 unspecified atom stereocenters. The minimum Gasteiger partial charge on any atom is -0.393 e. The predicted molar refractivity (Wildman–Crippen MR) is 120 cm³/mol. The van der Waals surface area contributed by atoms with Gasteiger partial charge in [-0.2, -0.15) is 0 Å². The van der Waals surface area contributed by atoms with Crippen molar-refractivity contribution in [3.63, 3.8) is 0 Å². The van der Waals surface area contributed by atoms with Crippen molar-refractivity contribution >= 4 is 0 Å². The van der Waals surface area contributed by atoms with Crippen LogP contribution in [0, 0.1) is 12.7 Å². The van der Waals surface area contributed by atoms with Gasteiger partial charge in [-0.25, -0.2) is 4.39 Å². The number of nitrogens with zero attached hydrogens (tertiary/aromatic N) is 1. The maximum Gasteiger partial charge on any atom is 0.123 e. The second kappa shape index (κ2) is 9.23. The summed E-state index contributed by atoms with van der Waals surface area (Å²) < 4.78 is 15.9. The van der Waals surface area contributed by atoms with E-state index in [1.807, 2.05) is 30.3 Å². The van der Waals surface area contributed by atoms with Crippen molar-refractivity contribution in [3.8, 4) is 22.4 Å². The number of aromatic nitrogens is 1. The summed E-state index contributed by atoms with van der Waals surface area (Å²) in [6.07, 6.45) is 2.55. The molecule has 3 rings (SSSR count). The Labute approximate surface area is 173 Å². The average Bonchev–Trinajstić information content (AvgIpc) is 3.00. The van der Waals surface area contributed by atoms with Crippen molar-refractivity contribution in [2.24, 2.45) is 0 Å². The highest BCUT2D eigenvalue weighted by Gasteiger charge is 2.24. The number of hydrogen-bond donors (Lipinski definition) is 1. The van der Waals surface area contributed by atoms with E-state index >= 15 is 0 Å². The van der Waals surface area contributed by atoms with Crippen LogP contribution in [0.1, 0.15) is 43.9 Å². The maximum atomic E-state index is 13.6. The lowest BCUT2D eigenvalue weighted by molar-refractivity contribution is 0.161. The monoisotopic (exact) mass is 391 g/mol. The summed E-state index contributed by atoms with van der Waals surface area (Å²) in [5.41, 5.74) is 6.90. The van der Waals surface area contributed by atoms with Gasteiger partial charge in [-0.1, -0.05) is 50.3 Å². The third-order valence-corrected chi connectivity index (χ3v) is 5.41. The molecular formula is C26H30FNO. The Morgan fingerprint density at radius 3 is 2.28 bits per heavy atom. The average molecular weight is 392 g/mol. The molecule has 1 N–H and O–H groups in total. The highest BCUT2D eigenvalue weighted by Crippen LogP contribution is 2.41. The van der Waals surface area contributed by atoms with Crippen LogP contribution in [0.3, 0.4) is 0 Å². The van der Waals surface area contributed by atoms with Crippen molar-refractivity contribution in [2.45, 2.75) is 52.2 Å². The number of benzene rings is 2. The van der Waals surface area contributed by atoms with Crippen LogP contribution in [0.15, 0.2) is 67.3 Å². The summed E-state index contributed by atoms with van der Waals surface area (Å²) in [5.74, 6) is 0.0820. The first-order chi connectivity index (χ1) is 13.9. The van der Waals surface area contributed by atoms with Crippen LogP contribution in [0.4, 0.5) is 4.39 Å². The van der Waals surface area contributed by atoms with Crippen molar-refractivity contribution in [1.29, 1.82) is 0 Å². The predicted octanol–water partition coefficient (Wildman–Crippen LogP) is 6.72. The zero-order valence-electron chi connectivity index (χ0n) is 17.5. The summed E-state index contributed by atoms with van der Waals surface area (Å²) >= 11 is 0. The van der Waals surface area contributed by atoms with Gasteiger partial charge in [0.05, 0.1) is 11.8 Å². The Kier molecular flexibility index (Phi) is 6.71. The molecule has 0 aliphatic carbocycles. The van der Waals surface area contributed by atoms with Gasteiger partial charge in [0.2, 0.25) is 0 Å². The zero-order chi connectivity index (χ0) is 21.0. The Bertz CT molecular complexity index is 955. The maximum absolute atomic E-state index is 13.6. The van der Waals surface area contributed by atoms with E-state index in [4.69, 9.17) is 0 Å². The molecule has 1 aromatic heterocycles. The molecule has 2 nitrogen and oxygen atoms in total. The lowest BCUT2D eigenvalue weighted by Gasteiger charge is -2.18. The van der Waals surface area contributed by atoms with Crippen LogP contribution in [0.5, 0.6) is 0 Å². The molecule has 29 heavy (non-hydrogen) atoms. The van der Waals surface area contributed by atoms with Crippen molar-refractivity contribution in [2.75, 3.05) is 0 Å². The van der Waals surface area contributed by atoms with Crippen LogP contribution < -0.4 is 0 Å². The van der Waals surface area contributed by atoms with Gasteiger partial charge >= 0.3 is 0 Å². The highest BCUT2D eigenvalue weighted by molar-refractivity contribution is 5.85.